The molecule has 6 heteroatoms. The number of benzene rings is 2. The van der Waals surface area contributed by atoms with E-state index in [0.717, 1.165) is 47.9 Å². The molecule has 2 heterocycles. The SMILES string of the molecule is Cc1c(O[C@H]2CC[C@@H](N3C(=O)c4ccccc4C3=O)CC2)ccc2[nH]ncc12. The quantitative estimate of drug-likeness (QED) is 0.706. The van der Waals surface area contributed by atoms with Crippen molar-refractivity contribution in [2.75, 3.05) is 0 Å². The molecule has 3 aromatic rings. The highest BCUT2D eigenvalue weighted by molar-refractivity contribution is 6.21. The Morgan fingerprint density at radius 2 is 1.68 bits per heavy atom. The third-order valence-electron chi connectivity index (χ3n) is 5.97. The minimum atomic E-state index is -0.161. The summed E-state index contributed by atoms with van der Waals surface area (Å²) in [5, 5.41) is 8.12. The molecule has 142 valence electrons. The fourth-order valence-corrected chi connectivity index (χ4v) is 4.41. The van der Waals surface area contributed by atoms with Crippen LogP contribution in [0.5, 0.6) is 5.75 Å². The van der Waals surface area contributed by atoms with Crippen molar-refractivity contribution in [2.24, 2.45) is 0 Å². The number of hydrogen-bond acceptors (Lipinski definition) is 4. The zero-order valence-corrected chi connectivity index (χ0v) is 15.6. The minimum absolute atomic E-state index is 0.0512. The molecule has 0 spiro atoms. The molecule has 1 aliphatic carbocycles. The van der Waals surface area contributed by atoms with Crippen LogP contribution in [-0.2, 0) is 0 Å². The van der Waals surface area contributed by atoms with Gasteiger partial charge in [0, 0.05) is 17.0 Å². The molecule has 1 aromatic heterocycles. The largest absolute Gasteiger partial charge is 0.490 e. The number of hydrogen-bond donors (Lipinski definition) is 1. The van der Waals surface area contributed by atoms with Crippen LogP contribution in [0.25, 0.3) is 10.9 Å². The molecule has 5 rings (SSSR count). The number of nitrogens with zero attached hydrogens (tertiary/aromatic N) is 2. The van der Waals surface area contributed by atoms with Crippen molar-refractivity contribution in [1.82, 2.24) is 15.1 Å². The molecule has 0 bridgehead atoms. The number of aromatic nitrogens is 2. The van der Waals surface area contributed by atoms with E-state index in [0.29, 0.717) is 11.1 Å². The Kier molecular flexibility index (Phi) is 3.93. The summed E-state index contributed by atoms with van der Waals surface area (Å²) in [4.78, 5) is 26.8. The predicted octanol–water partition coefficient (Wildman–Crippen LogP) is 3.86. The van der Waals surface area contributed by atoms with Gasteiger partial charge in [-0.2, -0.15) is 5.10 Å². The smallest absolute Gasteiger partial charge is 0.261 e. The molecular formula is C22H21N3O3. The Bertz CT molecular complexity index is 1040. The lowest BCUT2D eigenvalue weighted by atomic mass is 9.91. The van der Waals surface area contributed by atoms with Gasteiger partial charge in [-0.15, -0.1) is 0 Å². The Morgan fingerprint density at radius 1 is 1.00 bits per heavy atom. The number of ether oxygens (including phenoxy) is 1. The molecule has 1 saturated carbocycles. The van der Waals surface area contributed by atoms with Crippen molar-refractivity contribution < 1.29 is 14.3 Å². The molecule has 6 nitrogen and oxygen atoms in total. The number of carbonyl (C=O) groups excluding carboxylic acids is 2. The molecule has 1 fully saturated rings. The van der Waals surface area contributed by atoms with E-state index in [1.165, 1.54) is 4.90 Å². The van der Waals surface area contributed by atoms with Crippen LogP contribution in [0.3, 0.4) is 0 Å². The topological polar surface area (TPSA) is 75.3 Å². The average molecular weight is 375 g/mol. The number of H-pyrrole nitrogens is 1. The predicted molar refractivity (Wildman–Crippen MR) is 104 cm³/mol. The third-order valence-corrected chi connectivity index (χ3v) is 5.97. The van der Waals surface area contributed by atoms with Gasteiger partial charge in [0.25, 0.3) is 11.8 Å². The summed E-state index contributed by atoms with van der Waals surface area (Å²) in [6.45, 7) is 2.04. The molecule has 2 amide bonds. The molecule has 0 radical (unpaired) electrons. The van der Waals surface area contributed by atoms with E-state index in [-0.39, 0.29) is 24.0 Å². The molecule has 28 heavy (non-hydrogen) atoms. The van der Waals surface area contributed by atoms with Crippen LogP contribution in [-0.4, -0.2) is 39.1 Å². The van der Waals surface area contributed by atoms with Gasteiger partial charge in [-0.25, -0.2) is 0 Å². The summed E-state index contributed by atoms with van der Waals surface area (Å²) >= 11 is 0. The second kappa shape index (κ2) is 6.48. The lowest BCUT2D eigenvalue weighted by molar-refractivity contribution is 0.0478. The van der Waals surface area contributed by atoms with Crippen LogP contribution in [0.15, 0.2) is 42.6 Å². The lowest BCUT2D eigenvalue weighted by Crippen LogP contribution is -2.43. The molecule has 0 atom stereocenters. The zero-order chi connectivity index (χ0) is 19.3. The third kappa shape index (κ3) is 2.59. The number of nitrogens with one attached hydrogen (secondary N) is 1. The standard InChI is InChI=1S/C22H21N3O3/c1-13-18-12-23-24-19(18)10-11-20(13)28-15-8-6-14(7-9-15)25-21(26)16-4-2-3-5-17(16)22(25)27/h2-5,10-12,14-15H,6-9H2,1H3,(H,23,24)/t14-,15+. The van der Waals surface area contributed by atoms with E-state index >= 15 is 0 Å². The fraction of sp³-hybridized carbons (Fsp3) is 0.318. The van der Waals surface area contributed by atoms with Crippen molar-refractivity contribution in [1.29, 1.82) is 0 Å². The van der Waals surface area contributed by atoms with Crippen molar-refractivity contribution in [3.8, 4) is 5.75 Å². The number of imide groups is 1. The summed E-state index contributed by atoms with van der Waals surface area (Å²) in [7, 11) is 0. The van der Waals surface area contributed by atoms with Gasteiger partial charge in [0.05, 0.1) is 28.9 Å². The summed E-state index contributed by atoms with van der Waals surface area (Å²) in [5.41, 5.74) is 3.12. The first-order valence-electron chi connectivity index (χ1n) is 9.69. The Labute approximate surface area is 162 Å². The first-order valence-corrected chi connectivity index (χ1v) is 9.69. The van der Waals surface area contributed by atoms with E-state index in [4.69, 9.17) is 4.74 Å². The van der Waals surface area contributed by atoms with Crippen molar-refractivity contribution in [3.63, 3.8) is 0 Å². The van der Waals surface area contributed by atoms with Gasteiger partial charge < -0.3 is 4.74 Å². The van der Waals surface area contributed by atoms with E-state index < -0.39 is 0 Å². The average Bonchev–Trinajstić information content (AvgIpc) is 3.29. The van der Waals surface area contributed by atoms with Gasteiger partial charge >= 0.3 is 0 Å². The first-order chi connectivity index (χ1) is 13.6. The van der Waals surface area contributed by atoms with Crippen LogP contribution in [0.4, 0.5) is 0 Å². The maximum absolute atomic E-state index is 12.7. The monoisotopic (exact) mass is 375 g/mol. The van der Waals surface area contributed by atoms with Gasteiger partial charge in [0.1, 0.15) is 5.75 Å². The zero-order valence-electron chi connectivity index (χ0n) is 15.6. The second-order valence-electron chi connectivity index (χ2n) is 7.59. The summed E-state index contributed by atoms with van der Waals surface area (Å²) in [5.74, 6) is 0.551. The molecule has 1 N–H and O–H groups in total. The normalized spacial score (nSPS) is 22.0. The van der Waals surface area contributed by atoms with Gasteiger partial charge in [0.15, 0.2) is 0 Å². The van der Waals surface area contributed by atoms with Crippen molar-refractivity contribution in [3.05, 3.63) is 59.3 Å². The van der Waals surface area contributed by atoms with Crippen LogP contribution in [0.1, 0.15) is 52.0 Å². The molecule has 2 aliphatic rings. The summed E-state index contributed by atoms with van der Waals surface area (Å²) in [6, 6.07) is 11.0. The maximum Gasteiger partial charge on any atom is 0.261 e. The molecule has 1 aliphatic heterocycles. The molecular weight excluding hydrogens is 354 g/mol. The molecule has 2 aromatic carbocycles. The van der Waals surface area contributed by atoms with Gasteiger partial charge in [-0.1, -0.05) is 12.1 Å². The highest BCUT2D eigenvalue weighted by Gasteiger charge is 2.41. The highest BCUT2D eigenvalue weighted by atomic mass is 16.5. The van der Waals surface area contributed by atoms with Crippen LogP contribution in [0.2, 0.25) is 0 Å². The number of rotatable bonds is 3. The lowest BCUT2D eigenvalue weighted by Gasteiger charge is -2.33. The maximum atomic E-state index is 12.7. The minimum Gasteiger partial charge on any atom is -0.490 e. The summed E-state index contributed by atoms with van der Waals surface area (Å²) in [6.07, 6.45) is 5.08. The van der Waals surface area contributed by atoms with Crippen LogP contribution in [0, 0.1) is 6.92 Å². The molecule has 0 unspecified atom stereocenters. The Hall–Kier alpha value is -3.15. The van der Waals surface area contributed by atoms with Gasteiger partial charge in [0.2, 0.25) is 0 Å². The van der Waals surface area contributed by atoms with Gasteiger partial charge in [-0.3, -0.25) is 19.6 Å². The Balaban J connectivity index is 1.27. The number of carbonyl (C=O) groups is 2. The van der Waals surface area contributed by atoms with E-state index in [1.54, 1.807) is 24.3 Å². The number of fused-ring (bicyclic) bond motifs is 2. The van der Waals surface area contributed by atoms with E-state index in [9.17, 15) is 9.59 Å². The summed E-state index contributed by atoms with van der Waals surface area (Å²) < 4.78 is 6.26. The Morgan fingerprint density at radius 3 is 2.36 bits per heavy atom. The number of aromatic amines is 1. The van der Waals surface area contributed by atoms with E-state index in [2.05, 4.69) is 10.2 Å². The second-order valence-corrected chi connectivity index (χ2v) is 7.59. The van der Waals surface area contributed by atoms with Crippen molar-refractivity contribution in [2.45, 2.75) is 44.8 Å². The molecule has 0 saturated heterocycles. The number of aryl methyl sites for hydroxylation is 1. The van der Waals surface area contributed by atoms with Gasteiger partial charge in [-0.05, 0) is 56.9 Å². The van der Waals surface area contributed by atoms with E-state index in [1.807, 2.05) is 25.3 Å². The van der Waals surface area contributed by atoms with Crippen molar-refractivity contribution >= 4 is 22.7 Å². The highest BCUT2D eigenvalue weighted by Crippen LogP contribution is 2.34. The first kappa shape index (κ1) is 17.0. The fourth-order valence-electron chi connectivity index (χ4n) is 4.41. The van der Waals surface area contributed by atoms with Crippen LogP contribution < -0.4 is 4.74 Å². The van der Waals surface area contributed by atoms with Crippen LogP contribution >= 0.6 is 0 Å². The number of amides is 2.